The number of rotatable bonds is 3. The molecule has 0 aliphatic carbocycles. The van der Waals surface area contributed by atoms with Crippen LogP contribution in [0.1, 0.15) is 40.3 Å². The maximum absolute atomic E-state index is 12.7. The minimum atomic E-state index is -0.129. The quantitative estimate of drug-likeness (QED) is 0.831. The maximum Gasteiger partial charge on any atom is 0.289 e. The molecular weight excluding hydrogens is 344 g/mol. The first-order chi connectivity index (χ1) is 13.2. The van der Waals surface area contributed by atoms with Crippen molar-refractivity contribution in [1.82, 2.24) is 14.8 Å². The van der Waals surface area contributed by atoms with E-state index < -0.39 is 0 Å². The molecule has 0 aromatic carbocycles. The molecule has 0 unspecified atom stereocenters. The van der Waals surface area contributed by atoms with E-state index in [0.717, 1.165) is 18.8 Å². The number of piperazine rings is 1. The number of furan rings is 1. The first kappa shape index (κ1) is 17.6. The summed E-state index contributed by atoms with van der Waals surface area (Å²) in [5.74, 6) is 0.131. The molecule has 2 aromatic heterocycles. The Labute approximate surface area is 158 Å². The minimum absolute atomic E-state index is 0.0784. The Morgan fingerprint density at radius 1 is 0.852 bits per heavy atom. The average Bonchev–Trinajstić information content (AvgIpc) is 3.28. The zero-order valence-corrected chi connectivity index (χ0v) is 15.3. The molecule has 0 bridgehead atoms. The highest BCUT2D eigenvalue weighted by Crippen LogP contribution is 2.19. The van der Waals surface area contributed by atoms with Gasteiger partial charge in [0.25, 0.3) is 11.8 Å². The predicted molar refractivity (Wildman–Crippen MR) is 101 cm³/mol. The van der Waals surface area contributed by atoms with Gasteiger partial charge < -0.3 is 19.1 Å². The van der Waals surface area contributed by atoms with Gasteiger partial charge in [-0.2, -0.15) is 0 Å². The number of anilines is 1. The van der Waals surface area contributed by atoms with E-state index in [1.54, 1.807) is 28.1 Å². The normalized spacial score (nSPS) is 17.9. The number of pyridine rings is 1. The van der Waals surface area contributed by atoms with E-state index >= 15 is 0 Å². The van der Waals surface area contributed by atoms with Crippen LogP contribution in [0, 0.1) is 0 Å². The fourth-order valence-electron chi connectivity index (χ4n) is 3.68. The number of amides is 2. The predicted octanol–water partition coefficient (Wildman–Crippen LogP) is 2.26. The summed E-state index contributed by atoms with van der Waals surface area (Å²) in [5, 5.41) is 0. The minimum Gasteiger partial charge on any atom is -0.459 e. The molecule has 2 amide bonds. The monoisotopic (exact) mass is 368 g/mol. The van der Waals surface area contributed by atoms with Crippen LogP contribution in [-0.4, -0.2) is 65.9 Å². The zero-order chi connectivity index (χ0) is 18.6. The summed E-state index contributed by atoms with van der Waals surface area (Å²) in [6, 6.07) is 7.16. The molecule has 4 heterocycles. The van der Waals surface area contributed by atoms with Gasteiger partial charge in [0.05, 0.1) is 18.1 Å². The SMILES string of the molecule is O=C(c1ccc(N2CCCCC2)cn1)N1CCN(C(=O)c2ccco2)CC1. The van der Waals surface area contributed by atoms with Crippen molar-refractivity contribution >= 4 is 17.5 Å². The molecule has 142 valence electrons. The highest BCUT2D eigenvalue weighted by Gasteiger charge is 2.27. The fraction of sp³-hybridized carbons (Fsp3) is 0.450. The summed E-state index contributed by atoms with van der Waals surface area (Å²) in [7, 11) is 0. The van der Waals surface area contributed by atoms with Crippen molar-refractivity contribution in [3.8, 4) is 0 Å². The lowest BCUT2D eigenvalue weighted by atomic mass is 10.1. The Balaban J connectivity index is 1.34. The lowest BCUT2D eigenvalue weighted by Gasteiger charge is -2.34. The first-order valence-electron chi connectivity index (χ1n) is 9.55. The largest absolute Gasteiger partial charge is 0.459 e. The van der Waals surface area contributed by atoms with Crippen molar-refractivity contribution in [2.75, 3.05) is 44.2 Å². The number of piperidine rings is 1. The van der Waals surface area contributed by atoms with Gasteiger partial charge in [0.1, 0.15) is 5.69 Å². The summed E-state index contributed by atoms with van der Waals surface area (Å²) in [5.41, 5.74) is 1.54. The van der Waals surface area contributed by atoms with Crippen molar-refractivity contribution in [3.63, 3.8) is 0 Å². The van der Waals surface area contributed by atoms with E-state index in [2.05, 4.69) is 9.88 Å². The molecule has 0 spiro atoms. The van der Waals surface area contributed by atoms with Gasteiger partial charge in [0.15, 0.2) is 5.76 Å². The number of hydrogen-bond donors (Lipinski definition) is 0. The highest BCUT2D eigenvalue weighted by atomic mass is 16.3. The second-order valence-electron chi connectivity index (χ2n) is 7.01. The maximum atomic E-state index is 12.7. The standard InChI is InChI=1S/C20H24N4O3/c25-19(17-7-6-16(15-21-17)22-8-2-1-3-9-22)23-10-12-24(13-11-23)20(26)18-5-4-14-27-18/h4-7,14-15H,1-3,8-13H2. The molecule has 2 aliphatic rings. The Bertz CT molecular complexity index is 774. The lowest BCUT2D eigenvalue weighted by molar-refractivity contribution is 0.0515. The van der Waals surface area contributed by atoms with Gasteiger partial charge in [-0.25, -0.2) is 4.98 Å². The topological polar surface area (TPSA) is 69.9 Å². The van der Waals surface area contributed by atoms with Crippen LogP contribution in [0.5, 0.6) is 0 Å². The Morgan fingerprint density at radius 2 is 1.56 bits per heavy atom. The molecule has 2 aliphatic heterocycles. The van der Waals surface area contributed by atoms with Gasteiger partial charge in [0, 0.05) is 39.3 Å². The summed E-state index contributed by atoms with van der Waals surface area (Å²) in [6.45, 7) is 4.11. The third-order valence-electron chi connectivity index (χ3n) is 5.27. The number of hydrogen-bond acceptors (Lipinski definition) is 5. The van der Waals surface area contributed by atoms with Gasteiger partial charge >= 0.3 is 0 Å². The van der Waals surface area contributed by atoms with E-state index in [0.29, 0.717) is 37.6 Å². The Morgan fingerprint density at radius 3 is 2.15 bits per heavy atom. The first-order valence-corrected chi connectivity index (χ1v) is 9.55. The molecule has 7 nitrogen and oxygen atoms in total. The van der Waals surface area contributed by atoms with Crippen molar-refractivity contribution in [2.24, 2.45) is 0 Å². The van der Waals surface area contributed by atoms with Crippen molar-refractivity contribution in [1.29, 1.82) is 0 Å². The molecule has 27 heavy (non-hydrogen) atoms. The number of carbonyl (C=O) groups excluding carboxylic acids is 2. The van der Waals surface area contributed by atoms with Crippen LogP contribution >= 0.6 is 0 Å². The molecule has 0 N–H and O–H groups in total. The Hall–Kier alpha value is -2.83. The fourth-order valence-corrected chi connectivity index (χ4v) is 3.68. The molecule has 0 radical (unpaired) electrons. The Kier molecular flexibility index (Phi) is 5.09. The smallest absolute Gasteiger partial charge is 0.289 e. The van der Waals surface area contributed by atoms with Gasteiger partial charge in [-0.3, -0.25) is 9.59 Å². The molecule has 0 saturated carbocycles. The van der Waals surface area contributed by atoms with Crippen molar-refractivity contribution in [3.05, 3.63) is 48.2 Å². The van der Waals surface area contributed by atoms with Gasteiger partial charge in [-0.15, -0.1) is 0 Å². The third-order valence-corrected chi connectivity index (χ3v) is 5.27. The van der Waals surface area contributed by atoms with Crippen LogP contribution in [-0.2, 0) is 0 Å². The summed E-state index contributed by atoms with van der Waals surface area (Å²) in [6.07, 6.45) is 7.00. The van der Waals surface area contributed by atoms with Gasteiger partial charge in [-0.05, 0) is 43.5 Å². The van der Waals surface area contributed by atoms with Crippen LogP contribution < -0.4 is 4.90 Å². The van der Waals surface area contributed by atoms with E-state index in [1.165, 1.54) is 25.5 Å². The van der Waals surface area contributed by atoms with Crippen molar-refractivity contribution < 1.29 is 14.0 Å². The second-order valence-corrected chi connectivity index (χ2v) is 7.01. The van der Waals surface area contributed by atoms with Crippen LogP contribution in [0.15, 0.2) is 41.1 Å². The zero-order valence-electron chi connectivity index (χ0n) is 15.3. The van der Waals surface area contributed by atoms with Gasteiger partial charge in [-0.1, -0.05) is 0 Å². The van der Waals surface area contributed by atoms with E-state index in [1.807, 2.05) is 12.1 Å². The van der Waals surface area contributed by atoms with Crippen molar-refractivity contribution in [2.45, 2.75) is 19.3 Å². The molecule has 7 heteroatoms. The molecule has 4 rings (SSSR count). The lowest BCUT2D eigenvalue weighted by Crippen LogP contribution is -2.50. The summed E-state index contributed by atoms with van der Waals surface area (Å²) < 4.78 is 5.17. The number of carbonyl (C=O) groups is 2. The van der Waals surface area contributed by atoms with E-state index in [4.69, 9.17) is 4.42 Å². The summed E-state index contributed by atoms with van der Waals surface area (Å²) >= 11 is 0. The molecule has 2 fully saturated rings. The molecule has 2 saturated heterocycles. The van der Waals surface area contributed by atoms with Crippen LogP contribution in [0.3, 0.4) is 0 Å². The van der Waals surface area contributed by atoms with E-state index in [9.17, 15) is 9.59 Å². The van der Waals surface area contributed by atoms with Crippen LogP contribution in [0.25, 0.3) is 0 Å². The van der Waals surface area contributed by atoms with Gasteiger partial charge in [0.2, 0.25) is 0 Å². The summed E-state index contributed by atoms with van der Waals surface area (Å²) in [4.78, 5) is 35.2. The van der Waals surface area contributed by atoms with Crippen LogP contribution in [0.4, 0.5) is 5.69 Å². The highest BCUT2D eigenvalue weighted by molar-refractivity contribution is 5.93. The number of nitrogens with zero attached hydrogens (tertiary/aromatic N) is 4. The average molecular weight is 368 g/mol. The molecule has 2 aromatic rings. The third kappa shape index (κ3) is 3.82. The number of aromatic nitrogens is 1. The van der Waals surface area contributed by atoms with Crippen LogP contribution in [0.2, 0.25) is 0 Å². The second kappa shape index (κ2) is 7.82. The molecule has 0 atom stereocenters. The van der Waals surface area contributed by atoms with E-state index in [-0.39, 0.29) is 11.8 Å². The molecular formula is C20H24N4O3.